The zero-order chi connectivity index (χ0) is 12.4. The van der Waals surface area contributed by atoms with Crippen molar-refractivity contribution in [2.24, 2.45) is 5.41 Å². The largest absolute Gasteiger partial charge is 0.394 e. The molecule has 4 nitrogen and oxygen atoms in total. The Morgan fingerprint density at radius 3 is 2.62 bits per heavy atom. The summed E-state index contributed by atoms with van der Waals surface area (Å²) >= 11 is 0. The molecule has 2 N–H and O–H groups in total. The quantitative estimate of drug-likeness (QED) is 0.744. The van der Waals surface area contributed by atoms with Gasteiger partial charge in [0.2, 0.25) is 5.91 Å². The highest BCUT2D eigenvalue weighted by molar-refractivity contribution is 5.83. The van der Waals surface area contributed by atoms with Crippen molar-refractivity contribution in [3.63, 3.8) is 0 Å². The fourth-order valence-corrected chi connectivity index (χ4v) is 2.02. The minimum Gasteiger partial charge on any atom is -0.394 e. The first-order valence-corrected chi connectivity index (χ1v) is 5.93. The lowest BCUT2D eigenvalue weighted by atomic mass is 9.80. The van der Waals surface area contributed by atoms with Gasteiger partial charge in [0.05, 0.1) is 17.6 Å². The fourth-order valence-electron chi connectivity index (χ4n) is 2.02. The lowest BCUT2D eigenvalue weighted by molar-refractivity contribution is -0.147. The first kappa shape index (κ1) is 13.5. The van der Waals surface area contributed by atoms with Gasteiger partial charge in [-0.2, -0.15) is 0 Å². The number of hydrogen-bond donors (Lipinski definition) is 2. The second kappa shape index (κ2) is 4.72. The average Bonchev–Trinajstić information content (AvgIpc) is 2.28. The van der Waals surface area contributed by atoms with Gasteiger partial charge in [-0.25, -0.2) is 0 Å². The predicted molar refractivity (Wildman–Crippen MR) is 64.1 cm³/mol. The molecule has 0 bridgehead atoms. The summed E-state index contributed by atoms with van der Waals surface area (Å²) in [5.74, 6) is 0.124. The Morgan fingerprint density at radius 2 is 2.19 bits per heavy atom. The molecule has 0 radical (unpaired) electrons. The SMILES string of the molecule is CN(C(=O)C1(C)CCCNC1)C(C)(C)CO. The Hall–Kier alpha value is -0.610. The molecule has 1 atom stereocenters. The zero-order valence-corrected chi connectivity index (χ0v) is 10.8. The fraction of sp³-hybridized carbons (Fsp3) is 0.917. The molecule has 1 fully saturated rings. The maximum Gasteiger partial charge on any atom is 0.230 e. The van der Waals surface area contributed by atoms with Crippen molar-refractivity contribution in [1.82, 2.24) is 10.2 Å². The van der Waals surface area contributed by atoms with E-state index < -0.39 is 5.54 Å². The third kappa shape index (κ3) is 2.55. The Kier molecular flexibility index (Phi) is 3.97. The average molecular weight is 228 g/mol. The molecule has 1 heterocycles. The van der Waals surface area contributed by atoms with E-state index in [-0.39, 0.29) is 17.9 Å². The van der Waals surface area contributed by atoms with Crippen molar-refractivity contribution >= 4 is 5.91 Å². The third-order valence-corrected chi connectivity index (χ3v) is 3.71. The number of piperidine rings is 1. The maximum atomic E-state index is 12.4. The van der Waals surface area contributed by atoms with Crippen LogP contribution in [0, 0.1) is 5.41 Å². The van der Waals surface area contributed by atoms with E-state index in [9.17, 15) is 9.90 Å². The summed E-state index contributed by atoms with van der Waals surface area (Å²) in [7, 11) is 1.78. The van der Waals surface area contributed by atoms with E-state index in [1.807, 2.05) is 20.8 Å². The summed E-state index contributed by atoms with van der Waals surface area (Å²) in [6.45, 7) is 7.48. The summed E-state index contributed by atoms with van der Waals surface area (Å²) in [6, 6.07) is 0. The minimum absolute atomic E-state index is 0.0151. The van der Waals surface area contributed by atoms with Crippen LogP contribution >= 0.6 is 0 Å². The molecule has 0 aromatic heterocycles. The minimum atomic E-state index is -0.489. The first-order chi connectivity index (χ1) is 7.33. The van der Waals surface area contributed by atoms with E-state index in [0.29, 0.717) is 0 Å². The van der Waals surface area contributed by atoms with Gasteiger partial charge in [0.1, 0.15) is 0 Å². The van der Waals surface area contributed by atoms with Crippen LogP contribution in [0.4, 0.5) is 0 Å². The first-order valence-electron chi connectivity index (χ1n) is 5.93. The molecule has 16 heavy (non-hydrogen) atoms. The molecular formula is C12H24N2O2. The van der Waals surface area contributed by atoms with Gasteiger partial charge in [-0.1, -0.05) is 0 Å². The van der Waals surface area contributed by atoms with Crippen molar-refractivity contribution in [1.29, 1.82) is 0 Å². The van der Waals surface area contributed by atoms with Crippen LogP contribution in [0.2, 0.25) is 0 Å². The summed E-state index contributed by atoms with van der Waals surface area (Å²) in [6.07, 6.45) is 1.96. The number of likely N-dealkylation sites (N-methyl/N-ethyl adjacent to an activating group) is 1. The summed E-state index contributed by atoms with van der Waals surface area (Å²) in [5.41, 5.74) is -0.809. The highest BCUT2D eigenvalue weighted by Gasteiger charge is 2.40. The van der Waals surface area contributed by atoms with Crippen molar-refractivity contribution in [3.05, 3.63) is 0 Å². The van der Waals surface area contributed by atoms with Crippen LogP contribution in [0.5, 0.6) is 0 Å². The molecule has 1 saturated heterocycles. The molecule has 1 aliphatic rings. The van der Waals surface area contributed by atoms with E-state index in [0.717, 1.165) is 25.9 Å². The number of nitrogens with zero attached hydrogens (tertiary/aromatic N) is 1. The Labute approximate surface area is 98.0 Å². The van der Waals surface area contributed by atoms with E-state index in [4.69, 9.17) is 0 Å². The summed E-state index contributed by atoms with van der Waals surface area (Å²) in [5, 5.41) is 12.6. The lowest BCUT2D eigenvalue weighted by Crippen LogP contribution is -2.56. The van der Waals surface area contributed by atoms with Gasteiger partial charge in [-0.3, -0.25) is 4.79 Å². The van der Waals surface area contributed by atoms with Gasteiger partial charge in [-0.15, -0.1) is 0 Å². The smallest absolute Gasteiger partial charge is 0.230 e. The monoisotopic (exact) mass is 228 g/mol. The number of rotatable bonds is 3. The molecular weight excluding hydrogens is 204 g/mol. The molecule has 4 heteroatoms. The molecule has 0 aromatic rings. The van der Waals surface area contributed by atoms with Crippen LogP contribution in [-0.4, -0.2) is 48.2 Å². The molecule has 1 rings (SSSR count). The maximum absolute atomic E-state index is 12.4. The number of hydrogen-bond acceptors (Lipinski definition) is 3. The van der Waals surface area contributed by atoms with E-state index in [1.165, 1.54) is 0 Å². The lowest BCUT2D eigenvalue weighted by Gasteiger charge is -2.42. The Balaban J connectivity index is 2.76. The molecule has 1 unspecified atom stereocenters. The van der Waals surface area contributed by atoms with Crippen LogP contribution in [0.25, 0.3) is 0 Å². The van der Waals surface area contributed by atoms with Gasteiger partial charge in [-0.05, 0) is 40.2 Å². The zero-order valence-electron chi connectivity index (χ0n) is 10.8. The molecule has 0 aromatic carbocycles. The third-order valence-electron chi connectivity index (χ3n) is 3.71. The van der Waals surface area contributed by atoms with Gasteiger partial charge >= 0.3 is 0 Å². The number of carbonyl (C=O) groups excluding carboxylic acids is 1. The van der Waals surface area contributed by atoms with Crippen LogP contribution in [0.15, 0.2) is 0 Å². The second-order valence-corrected chi connectivity index (χ2v) is 5.68. The number of nitrogens with one attached hydrogen (secondary N) is 1. The number of aliphatic hydroxyl groups excluding tert-OH is 1. The highest BCUT2D eigenvalue weighted by Crippen LogP contribution is 2.29. The number of amides is 1. The molecule has 1 amide bonds. The Bertz CT molecular complexity index is 258. The van der Waals surface area contributed by atoms with E-state index >= 15 is 0 Å². The standard InChI is InChI=1S/C12H24N2O2/c1-11(2,9-15)14(4)10(16)12(3)6-5-7-13-8-12/h13,15H,5-9H2,1-4H3. The van der Waals surface area contributed by atoms with E-state index in [1.54, 1.807) is 11.9 Å². The second-order valence-electron chi connectivity index (χ2n) is 5.68. The van der Waals surface area contributed by atoms with Crippen LogP contribution in [0.3, 0.4) is 0 Å². The summed E-state index contributed by atoms with van der Waals surface area (Å²) in [4.78, 5) is 14.1. The van der Waals surface area contributed by atoms with E-state index in [2.05, 4.69) is 5.32 Å². The predicted octanol–water partition coefficient (Wildman–Crippen LogP) is 0.605. The molecule has 0 spiro atoms. The Morgan fingerprint density at radius 1 is 1.56 bits per heavy atom. The van der Waals surface area contributed by atoms with Crippen molar-refractivity contribution in [3.8, 4) is 0 Å². The number of carbonyl (C=O) groups is 1. The van der Waals surface area contributed by atoms with Gasteiger partial charge in [0, 0.05) is 13.6 Å². The van der Waals surface area contributed by atoms with Gasteiger partial charge < -0.3 is 15.3 Å². The van der Waals surface area contributed by atoms with Crippen LogP contribution in [-0.2, 0) is 4.79 Å². The molecule has 94 valence electrons. The number of aliphatic hydroxyl groups is 1. The van der Waals surface area contributed by atoms with Gasteiger partial charge in [0.25, 0.3) is 0 Å². The van der Waals surface area contributed by atoms with Crippen molar-refractivity contribution < 1.29 is 9.90 Å². The van der Waals surface area contributed by atoms with Gasteiger partial charge in [0.15, 0.2) is 0 Å². The van der Waals surface area contributed by atoms with Crippen molar-refractivity contribution in [2.45, 2.75) is 39.2 Å². The van der Waals surface area contributed by atoms with Crippen molar-refractivity contribution in [2.75, 3.05) is 26.7 Å². The van der Waals surface area contributed by atoms with Crippen LogP contribution in [0.1, 0.15) is 33.6 Å². The molecule has 0 aliphatic carbocycles. The normalized spacial score (nSPS) is 26.6. The molecule has 1 aliphatic heterocycles. The molecule has 0 saturated carbocycles. The summed E-state index contributed by atoms with van der Waals surface area (Å²) < 4.78 is 0. The van der Waals surface area contributed by atoms with Crippen LogP contribution < -0.4 is 5.32 Å². The highest BCUT2D eigenvalue weighted by atomic mass is 16.3. The topological polar surface area (TPSA) is 52.6 Å².